The number of hydrogen-bond donors (Lipinski definition) is 1. The van der Waals surface area contributed by atoms with Gasteiger partial charge in [-0.25, -0.2) is 9.97 Å². The third-order valence-electron chi connectivity index (χ3n) is 1.10. The highest BCUT2D eigenvalue weighted by Crippen LogP contribution is 2.01. The van der Waals surface area contributed by atoms with Gasteiger partial charge in [0, 0.05) is 6.20 Å². The smallest absolute Gasteiger partial charge is 0.115 e. The Bertz CT molecular complexity index is 237. The molecule has 0 aromatic carbocycles. The van der Waals surface area contributed by atoms with E-state index in [0.717, 1.165) is 0 Å². The fraction of sp³-hybridized carbons (Fsp3) is 0.143. The minimum absolute atomic E-state index is 0.414. The van der Waals surface area contributed by atoms with Crippen LogP contribution in [0.25, 0.3) is 0 Å². The van der Waals surface area contributed by atoms with Crippen LogP contribution in [0.15, 0.2) is 18.6 Å². The quantitative estimate of drug-likeness (QED) is 0.553. The van der Waals surface area contributed by atoms with Crippen molar-refractivity contribution in [2.45, 2.75) is 6.04 Å². The summed E-state index contributed by atoms with van der Waals surface area (Å²) in [6.07, 6.45) is 8.10. The molecule has 0 saturated heterocycles. The van der Waals surface area contributed by atoms with Crippen LogP contribution in [-0.4, -0.2) is 9.97 Å². The second kappa shape index (κ2) is 2.95. The third-order valence-corrected chi connectivity index (χ3v) is 1.10. The molecule has 1 aromatic heterocycles. The summed E-state index contributed by atoms with van der Waals surface area (Å²) < 4.78 is 0. The number of rotatable bonds is 1. The van der Waals surface area contributed by atoms with E-state index in [1.807, 2.05) is 0 Å². The van der Waals surface area contributed by atoms with Gasteiger partial charge in [0.05, 0.1) is 5.69 Å². The van der Waals surface area contributed by atoms with Crippen LogP contribution < -0.4 is 5.73 Å². The predicted molar refractivity (Wildman–Crippen MR) is 37.8 cm³/mol. The Labute approximate surface area is 59.3 Å². The first kappa shape index (κ1) is 6.72. The van der Waals surface area contributed by atoms with Gasteiger partial charge < -0.3 is 5.73 Å². The van der Waals surface area contributed by atoms with E-state index in [-0.39, 0.29) is 0 Å². The van der Waals surface area contributed by atoms with Crippen LogP contribution in [-0.2, 0) is 0 Å². The summed E-state index contributed by atoms with van der Waals surface area (Å²) in [7, 11) is 0. The van der Waals surface area contributed by atoms with E-state index >= 15 is 0 Å². The summed E-state index contributed by atoms with van der Waals surface area (Å²) in [6.45, 7) is 0. The van der Waals surface area contributed by atoms with Crippen molar-refractivity contribution < 1.29 is 0 Å². The summed E-state index contributed by atoms with van der Waals surface area (Å²) in [5.41, 5.74) is 6.15. The number of hydrogen-bond acceptors (Lipinski definition) is 3. The molecule has 0 aliphatic carbocycles. The lowest BCUT2D eigenvalue weighted by Gasteiger charge is -1.99. The minimum Gasteiger partial charge on any atom is -0.313 e. The van der Waals surface area contributed by atoms with Crippen molar-refractivity contribution in [3.8, 4) is 12.3 Å². The van der Waals surface area contributed by atoms with Gasteiger partial charge in [-0.1, -0.05) is 5.92 Å². The lowest BCUT2D eigenvalue weighted by atomic mass is 10.2. The van der Waals surface area contributed by atoms with Gasteiger partial charge in [-0.3, -0.25) is 0 Å². The predicted octanol–water partition coefficient (Wildman–Crippen LogP) is 0.110. The van der Waals surface area contributed by atoms with Crippen molar-refractivity contribution in [2.24, 2.45) is 5.73 Å². The van der Waals surface area contributed by atoms with Crippen LogP contribution >= 0.6 is 0 Å². The Hall–Kier alpha value is -1.40. The molecule has 0 fully saturated rings. The highest BCUT2D eigenvalue weighted by atomic mass is 14.8. The molecule has 1 heterocycles. The van der Waals surface area contributed by atoms with Crippen LogP contribution in [0.3, 0.4) is 0 Å². The van der Waals surface area contributed by atoms with Crippen molar-refractivity contribution in [1.29, 1.82) is 0 Å². The van der Waals surface area contributed by atoms with Crippen LogP contribution in [0.1, 0.15) is 11.7 Å². The monoisotopic (exact) mass is 133 g/mol. The Kier molecular flexibility index (Phi) is 1.98. The van der Waals surface area contributed by atoms with Crippen molar-refractivity contribution in [1.82, 2.24) is 9.97 Å². The van der Waals surface area contributed by atoms with Crippen molar-refractivity contribution in [3.63, 3.8) is 0 Å². The lowest BCUT2D eigenvalue weighted by molar-refractivity contribution is 0.877. The van der Waals surface area contributed by atoms with Crippen molar-refractivity contribution in [2.75, 3.05) is 0 Å². The van der Waals surface area contributed by atoms with Gasteiger partial charge in [-0.15, -0.1) is 6.42 Å². The largest absolute Gasteiger partial charge is 0.313 e. The zero-order valence-corrected chi connectivity index (χ0v) is 5.36. The number of nitrogens with two attached hydrogens (primary N) is 1. The normalized spacial score (nSPS) is 12.0. The first-order valence-corrected chi connectivity index (χ1v) is 2.82. The summed E-state index contributed by atoms with van der Waals surface area (Å²) in [5.74, 6) is 2.37. The van der Waals surface area contributed by atoms with E-state index in [2.05, 4.69) is 15.9 Å². The van der Waals surface area contributed by atoms with E-state index in [1.54, 1.807) is 12.3 Å². The van der Waals surface area contributed by atoms with E-state index < -0.39 is 6.04 Å². The van der Waals surface area contributed by atoms with Crippen LogP contribution in [0.5, 0.6) is 0 Å². The van der Waals surface area contributed by atoms with Gasteiger partial charge in [0.15, 0.2) is 0 Å². The molecule has 0 aliphatic heterocycles. The second-order valence-electron chi connectivity index (χ2n) is 1.78. The van der Waals surface area contributed by atoms with Gasteiger partial charge in [-0.2, -0.15) is 0 Å². The minimum atomic E-state index is -0.414. The summed E-state index contributed by atoms with van der Waals surface area (Å²) in [4.78, 5) is 7.60. The SMILES string of the molecule is C#CC(N)c1ccncn1. The van der Waals surface area contributed by atoms with E-state index in [0.29, 0.717) is 5.69 Å². The standard InChI is InChI=1S/C7H7N3/c1-2-6(8)7-3-4-9-5-10-7/h1,3-6H,8H2. The fourth-order valence-corrected chi connectivity index (χ4v) is 0.570. The second-order valence-corrected chi connectivity index (χ2v) is 1.78. The number of nitrogens with zero attached hydrogens (tertiary/aromatic N) is 2. The Morgan fingerprint density at radius 2 is 2.50 bits per heavy atom. The Balaban J connectivity index is 2.88. The summed E-state index contributed by atoms with van der Waals surface area (Å²) in [5, 5.41) is 0. The van der Waals surface area contributed by atoms with Crippen LogP contribution in [0, 0.1) is 12.3 Å². The van der Waals surface area contributed by atoms with Crippen molar-refractivity contribution >= 4 is 0 Å². The van der Waals surface area contributed by atoms with Gasteiger partial charge in [-0.05, 0) is 6.07 Å². The highest BCUT2D eigenvalue weighted by Gasteiger charge is 1.99. The van der Waals surface area contributed by atoms with Gasteiger partial charge in [0.25, 0.3) is 0 Å². The molecular weight excluding hydrogens is 126 g/mol. The molecular formula is C7H7N3. The first-order chi connectivity index (χ1) is 4.84. The molecule has 50 valence electrons. The molecule has 1 rings (SSSR count). The molecule has 0 aliphatic rings. The van der Waals surface area contributed by atoms with Crippen LogP contribution in [0.2, 0.25) is 0 Å². The topological polar surface area (TPSA) is 51.8 Å². The third kappa shape index (κ3) is 1.30. The molecule has 0 spiro atoms. The summed E-state index contributed by atoms with van der Waals surface area (Å²) >= 11 is 0. The first-order valence-electron chi connectivity index (χ1n) is 2.82. The van der Waals surface area contributed by atoms with Crippen molar-refractivity contribution in [3.05, 3.63) is 24.3 Å². The highest BCUT2D eigenvalue weighted by molar-refractivity contribution is 5.14. The maximum absolute atomic E-state index is 5.47. The van der Waals surface area contributed by atoms with E-state index in [1.165, 1.54) is 6.33 Å². The average molecular weight is 133 g/mol. The van der Waals surface area contributed by atoms with Gasteiger partial charge in [0.2, 0.25) is 0 Å². The lowest BCUT2D eigenvalue weighted by Crippen LogP contribution is -2.08. The molecule has 0 radical (unpaired) electrons. The molecule has 1 aromatic rings. The molecule has 1 atom stereocenters. The number of aromatic nitrogens is 2. The Morgan fingerprint density at radius 3 is 3.00 bits per heavy atom. The number of terminal acetylenes is 1. The zero-order chi connectivity index (χ0) is 7.40. The van der Waals surface area contributed by atoms with Gasteiger partial charge in [0.1, 0.15) is 12.4 Å². The van der Waals surface area contributed by atoms with E-state index in [9.17, 15) is 0 Å². The molecule has 0 amide bonds. The zero-order valence-electron chi connectivity index (χ0n) is 5.36. The maximum atomic E-state index is 5.47. The molecule has 10 heavy (non-hydrogen) atoms. The molecule has 0 saturated carbocycles. The molecule has 1 unspecified atom stereocenters. The average Bonchev–Trinajstić information content (AvgIpc) is 2.05. The molecule has 3 nitrogen and oxygen atoms in total. The molecule has 0 bridgehead atoms. The molecule has 2 N–H and O–H groups in total. The van der Waals surface area contributed by atoms with Gasteiger partial charge >= 0.3 is 0 Å². The molecule has 3 heteroatoms. The Morgan fingerprint density at radius 1 is 1.70 bits per heavy atom. The fourth-order valence-electron chi connectivity index (χ4n) is 0.570. The van der Waals surface area contributed by atoms with E-state index in [4.69, 9.17) is 12.2 Å². The maximum Gasteiger partial charge on any atom is 0.115 e. The van der Waals surface area contributed by atoms with Crippen LogP contribution in [0.4, 0.5) is 0 Å². The summed E-state index contributed by atoms with van der Waals surface area (Å²) in [6, 6.07) is 1.29.